The summed E-state index contributed by atoms with van der Waals surface area (Å²) in [5.74, 6) is 1.37. The lowest BCUT2D eigenvalue weighted by Crippen LogP contribution is -2.36. The number of rotatable bonds is 8. The first-order valence-corrected chi connectivity index (χ1v) is 10.8. The fraction of sp³-hybridized carbons (Fsp3) is 0.240. The summed E-state index contributed by atoms with van der Waals surface area (Å²) in [6, 6.07) is 16.6. The SMILES string of the molecule is CCNC(=NCc1cccc(Cn2ccnc2)c1)NCc1coc(-c2ccc(C)cc2)n1.I. The molecule has 0 aliphatic carbocycles. The van der Waals surface area contributed by atoms with E-state index in [1.54, 1.807) is 12.5 Å². The standard InChI is InChI=1S/C25H28N6O.HI/c1-3-27-25(28-14-20-5-4-6-21(13-20)16-31-12-11-26-18-31)29-15-23-17-32-24(30-23)22-9-7-19(2)8-10-22;/h4-13,17-18H,3,14-16H2,1-2H3,(H2,27,28,29);1H. The van der Waals surface area contributed by atoms with Crippen molar-refractivity contribution in [1.29, 1.82) is 0 Å². The van der Waals surface area contributed by atoms with Crippen molar-refractivity contribution in [3.63, 3.8) is 0 Å². The highest BCUT2D eigenvalue weighted by Crippen LogP contribution is 2.19. The summed E-state index contributed by atoms with van der Waals surface area (Å²) in [4.78, 5) is 13.4. The number of halogens is 1. The zero-order chi connectivity index (χ0) is 22.2. The normalized spacial score (nSPS) is 11.2. The average molecular weight is 556 g/mol. The minimum Gasteiger partial charge on any atom is -0.444 e. The van der Waals surface area contributed by atoms with Crippen molar-refractivity contribution in [2.24, 2.45) is 4.99 Å². The van der Waals surface area contributed by atoms with Gasteiger partial charge in [-0.25, -0.2) is 15.0 Å². The Morgan fingerprint density at radius 3 is 2.67 bits per heavy atom. The third kappa shape index (κ3) is 7.18. The van der Waals surface area contributed by atoms with Crippen molar-refractivity contribution >= 4 is 29.9 Å². The predicted molar refractivity (Wildman–Crippen MR) is 142 cm³/mol. The summed E-state index contributed by atoms with van der Waals surface area (Å²) < 4.78 is 7.70. The molecule has 0 unspecified atom stereocenters. The molecule has 0 radical (unpaired) electrons. The van der Waals surface area contributed by atoms with Gasteiger partial charge in [-0.05, 0) is 37.1 Å². The van der Waals surface area contributed by atoms with Crippen LogP contribution in [0.25, 0.3) is 11.5 Å². The molecule has 2 aromatic carbocycles. The Morgan fingerprint density at radius 2 is 1.91 bits per heavy atom. The van der Waals surface area contributed by atoms with E-state index in [9.17, 15) is 0 Å². The molecule has 0 bridgehead atoms. The second kappa shape index (κ2) is 12.2. The Morgan fingerprint density at radius 1 is 1.09 bits per heavy atom. The molecule has 0 aliphatic rings. The highest BCUT2D eigenvalue weighted by atomic mass is 127. The lowest BCUT2D eigenvalue weighted by atomic mass is 10.1. The van der Waals surface area contributed by atoms with Crippen LogP contribution in [0.2, 0.25) is 0 Å². The van der Waals surface area contributed by atoms with Crippen LogP contribution >= 0.6 is 24.0 Å². The zero-order valence-electron chi connectivity index (χ0n) is 18.9. The molecule has 0 saturated heterocycles. The molecule has 8 heteroatoms. The molecule has 0 saturated carbocycles. The second-order valence-electron chi connectivity index (χ2n) is 7.61. The fourth-order valence-corrected chi connectivity index (χ4v) is 3.32. The van der Waals surface area contributed by atoms with E-state index in [4.69, 9.17) is 9.41 Å². The minimum atomic E-state index is 0. The van der Waals surface area contributed by atoms with Gasteiger partial charge in [0, 0.05) is 31.0 Å². The molecule has 0 atom stereocenters. The fourth-order valence-electron chi connectivity index (χ4n) is 3.32. The van der Waals surface area contributed by atoms with E-state index in [-0.39, 0.29) is 24.0 Å². The number of hydrogen-bond acceptors (Lipinski definition) is 4. The van der Waals surface area contributed by atoms with Crippen LogP contribution in [-0.2, 0) is 19.6 Å². The third-order valence-electron chi connectivity index (χ3n) is 4.97. The molecule has 2 heterocycles. The summed E-state index contributed by atoms with van der Waals surface area (Å²) >= 11 is 0. The van der Waals surface area contributed by atoms with Crippen molar-refractivity contribution in [3.05, 3.63) is 95.9 Å². The van der Waals surface area contributed by atoms with Crippen LogP contribution in [0.15, 0.2) is 82.9 Å². The summed E-state index contributed by atoms with van der Waals surface area (Å²) in [6.07, 6.45) is 7.27. The Labute approximate surface area is 211 Å². The average Bonchev–Trinajstić information content (AvgIpc) is 3.49. The molecule has 0 aliphatic heterocycles. The van der Waals surface area contributed by atoms with Crippen molar-refractivity contribution < 1.29 is 4.42 Å². The largest absolute Gasteiger partial charge is 0.444 e. The second-order valence-corrected chi connectivity index (χ2v) is 7.61. The van der Waals surface area contributed by atoms with E-state index in [0.29, 0.717) is 19.0 Å². The van der Waals surface area contributed by atoms with Crippen LogP contribution < -0.4 is 10.6 Å². The first-order chi connectivity index (χ1) is 15.7. The Bertz CT molecular complexity index is 1150. The molecule has 4 aromatic rings. The number of imidazole rings is 1. The van der Waals surface area contributed by atoms with Gasteiger partial charge in [-0.1, -0.05) is 42.0 Å². The van der Waals surface area contributed by atoms with Crippen molar-refractivity contribution in [2.75, 3.05) is 6.54 Å². The highest BCUT2D eigenvalue weighted by Gasteiger charge is 2.07. The number of aromatic nitrogens is 3. The summed E-state index contributed by atoms with van der Waals surface area (Å²) in [5, 5.41) is 6.62. The smallest absolute Gasteiger partial charge is 0.226 e. The molecule has 0 fully saturated rings. The van der Waals surface area contributed by atoms with Gasteiger partial charge >= 0.3 is 0 Å². The molecular formula is C25H29IN6O. The monoisotopic (exact) mass is 556 g/mol. The number of guanidine groups is 1. The van der Waals surface area contributed by atoms with Crippen molar-refractivity contribution in [2.45, 2.75) is 33.5 Å². The van der Waals surface area contributed by atoms with Crippen molar-refractivity contribution in [1.82, 2.24) is 25.2 Å². The van der Waals surface area contributed by atoms with E-state index in [0.717, 1.165) is 35.9 Å². The van der Waals surface area contributed by atoms with E-state index >= 15 is 0 Å². The van der Waals surface area contributed by atoms with E-state index < -0.39 is 0 Å². The van der Waals surface area contributed by atoms with Crippen LogP contribution in [0, 0.1) is 6.92 Å². The Kier molecular flexibility index (Phi) is 9.05. The predicted octanol–water partition coefficient (Wildman–Crippen LogP) is 4.77. The molecule has 4 rings (SSSR count). The number of aliphatic imine (C=N–C) groups is 1. The van der Waals surface area contributed by atoms with Gasteiger partial charge in [0.15, 0.2) is 5.96 Å². The topological polar surface area (TPSA) is 80.3 Å². The van der Waals surface area contributed by atoms with Gasteiger partial charge in [-0.2, -0.15) is 0 Å². The molecule has 7 nitrogen and oxygen atoms in total. The first kappa shape index (κ1) is 24.5. The molecular weight excluding hydrogens is 527 g/mol. The van der Waals surface area contributed by atoms with Gasteiger partial charge in [-0.15, -0.1) is 24.0 Å². The quantitative estimate of drug-likeness (QED) is 0.186. The van der Waals surface area contributed by atoms with Crippen LogP contribution in [0.4, 0.5) is 0 Å². The molecule has 33 heavy (non-hydrogen) atoms. The number of oxazole rings is 1. The molecule has 0 spiro atoms. The lowest BCUT2D eigenvalue weighted by Gasteiger charge is -2.10. The highest BCUT2D eigenvalue weighted by molar-refractivity contribution is 14.0. The molecule has 2 aromatic heterocycles. The zero-order valence-corrected chi connectivity index (χ0v) is 21.2. The van der Waals surface area contributed by atoms with Crippen LogP contribution in [0.1, 0.15) is 29.3 Å². The van der Waals surface area contributed by atoms with Gasteiger partial charge in [0.25, 0.3) is 0 Å². The number of aryl methyl sites for hydroxylation is 1. The number of nitrogens with zero attached hydrogens (tertiary/aromatic N) is 4. The van der Waals surface area contributed by atoms with E-state index in [1.165, 1.54) is 11.1 Å². The number of nitrogens with one attached hydrogen (secondary N) is 2. The maximum Gasteiger partial charge on any atom is 0.226 e. The van der Waals surface area contributed by atoms with Gasteiger partial charge in [-0.3, -0.25) is 0 Å². The van der Waals surface area contributed by atoms with Gasteiger partial charge in [0.1, 0.15) is 6.26 Å². The lowest BCUT2D eigenvalue weighted by molar-refractivity contribution is 0.572. The summed E-state index contributed by atoms with van der Waals surface area (Å²) in [6.45, 7) is 6.80. The van der Waals surface area contributed by atoms with Crippen LogP contribution in [0.5, 0.6) is 0 Å². The summed E-state index contributed by atoms with van der Waals surface area (Å²) in [7, 11) is 0. The van der Waals surface area contributed by atoms with Crippen molar-refractivity contribution in [3.8, 4) is 11.5 Å². The van der Waals surface area contributed by atoms with E-state index in [1.807, 2.05) is 24.7 Å². The first-order valence-electron chi connectivity index (χ1n) is 10.8. The summed E-state index contributed by atoms with van der Waals surface area (Å²) in [5.41, 5.74) is 5.38. The van der Waals surface area contributed by atoms with Gasteiger partial charge < -0.3 is 19.6 Å². The van der Waals surface area contributed by atoms with Gasteiger partial charge in [0.2, 0.25) is 5.89 Å². The number of hydrogen-bond donors (Lipinski definition) is 2. The van der Waals surface area contributed by atoms with Crippen LogP contribution in [-0.4, -0.2) is 27.0 Å². The maximum absolute atomic E-state index is 5.65. The third-order valence-corrected chi connectivity index (χ3v) is 4.97. The van der Waals surface area contributed by atoms with E-state index in [2.05, 4.69) is 75.4 Å². The van der Waals surface area contributed by atoms with Gasteiger partial charge in [0.05, 0.1) is 25.1 Å². The number of benzene rings is 2. The molecule has 2 N–H and O–H groups in total. The Hall–Kier alpha value is -3.14. The molecule has 0 amide bonds. The maximum atomic E-state index is 5.65. The van der Waals surface area contributed by atoms with Crippen LogP contribution in [0.3, 0.4) is 0 Å². The minimum absolute atomic E-state index is 0. The Balaban J connectivity index is 0.00000306. The molecule has 172 valence electrons.